The van der Waals surface area contributed by atoms with Crippen LogP contribution >= 0.6 is 0 Å². The lowest BCUT2D eigenvalue weighted by Gasteiger charge is -2.32. The van der Waals surface area contributed by atoms with Gasteiger partial charge in [-0.25, -0.2) is 9.97 Å². The van der Waals surface area contributed by atoms with Crippen LogP contribution < -0.4 is 10.2 Å². The normalized spacial score (nSPS) is 19.0. The van der Waals surface area contributed by atoms with E-state index in [1.54, 1.807) is 0 Å². The van der Waals surface area contributed by atoms with Crippen molar-refractivity contribution >= 4 is 5.95 Å². The Bertz CT molecular complexity index is 396. The highest BCUT2D eigenvalue weighted by molar-refractivity contribution is 5.30. The van der Waals surface area contributed by atoms with Gasteiger partial charge in [0.2, 0.25) is 5.95 Å². The Hall–Kier alpha value is -1.20. The minimum absolute atomic E-state index is 0.327. The van der Waals surface area contributed by atoms with Crippen LogP contribution in [0.4, 0.5) is 5.95 Å². The molecule has 1 saturated heterocycles. The van der Waals surface area contributed by atoms with E-state index in [9.17, 15) is 0 Å². The van der Waals surface area contributed by atoms with Crippen molar-refractivity contribution in [3.05, 3.63) is 18.0 Å². The Morgan fingerprint density at radius 3 is 2.81 bits per heavy atom. The van der Waals surface area contributed by atoms with E-state index in [2.05, 4.69) is 34.0 Å². The van der Waals surface area contributed by atoms with Crippen LogP contribution in [0, 0.1) is 0 Å². The van der Waals surface area contributed by atoms with E-state index in [4.69, 9.17) is 4.74 Å². The molecule has 1 N–H and O–H groups in total. The molecule has 1 unspecified atom stereocenters. The zero-order valence-corrected chi connectivity index (χ0v) is 13.3. The summed E-state index contributed by atoms with van der Waals surface area (Å²) in [6.07, 6.45) is 8.71. The molecule has 0 radical (unpaired) electrons. The first-order valence-corrected chi connectivity index (χ1v) is 8.21. The number of rotatable bonds is 8. The summed E-state index contributed by atoms with van der Waals surface area (Å²) in [7, 11) is 0. The summed E-state index contributed by atoms with van der Waals surface area (Å²) in [5.41, 5.74) is 1.14. The van der Waals surface area contributed by atoms with Gasteiger partial charge in [-0.3, -0.25) is 0 Å². The summed E-state index contributed by atoms with van der Waals surface area (Å²) in [5, 5.41) is 3.37. The molecular formula is C16H28N4O. The fourth-order valence-electron chi connectivity index (χ4n) is 2.55. The van der Waals surface area contributed by atoms with Gasteiger partial charge >= 0.3 is 0 Å². The largest absolute Gasteiger partial charge is 0.376 e. The quantitative estimate of drug-likeness (QED) is 0.746. The van der Waals surface area contributed by atoms with Gasteiger partial charge in [0.25, 0.3) is 0 Å². The lowest BCUT2D eigenvalue weighted by atomic mass is 10.1. The maximum absolute atomic E-state index is 5.87. The molecule has 1 aliphatic rings. The zero-order valence-electron chi connectivity index (χ0n) is 13.3. The number of hydrogen-bond donors (Lipinski definition) is 1. The number of anilines is 1. The molecule has 0 aromatic carbocycles. The van der Waals surface area contributed by atoms with Gasteiger partial charge in [-0.15, -0.1) is 0 Å². The fraction of sp³-hybridized carbons (Fsp3) is 0.750. The van der Waals surface area contributed by atoms with E-state index in [-0.39, 0.29) is 0 Å². The van der Waals surface area contributed by atoms with E-state index >= 15 is 0 Å². The van der Waals surface area contributed by atoms with E-state index < -0.39 is 0 Å². The number of nitrogens with zero attached hydrogens (tertiary/aromatic N) is 3. The predicted molar refractivity (Wildman–Crippen MR) is 85.5 cm³/mol. The molecule has 0 amide bonds. The Kier molecular flexibility index (Phi) is 6.89. The second-order valence-electron chi connectivity index (χ2n) is 5.65. The molecule has 5 nitrogen and oxygen atoms in total. The van der Waals surface area contributed by atoms with Crippen molar-refractivity contribution in [1.82, 2.24) is 15.3 Å². The Morgan fingerprint density at radius 2 is 2.10 bits per heavy atom. The van der Waals surface area contributed by atoms with Crippen molar-refractivity contribution in [2.24, 2.45) is 0 Å². The molecule has 5 heteroatoms. The third kappa shape index (κ3) is 5.25. The predicted octanol–water partition coefficient (Wildman–Crippen LogP) is 2.37. The van der Waals surface area contributed by atoms with Crippen LogP contribution in [0.25, 0.3) is 0 Å². The lowest BCUT2D eigenvalue weighted by molar-refractivity contribution is 0.0437. The van der Waals surface area contributed by atoms with Crippen LogP contribution in [0.1, 0.15) is 45.1 Å². The van der Waals surface area contributed by atoms with Crippen LogP contribution in [0.5, 0.6) is 0 Å². The third-order valence-corrected chi connectivity index (χ3v) is 3.67. The van der Waals surface area contributed by atoms with Gasteiger partial charge in [0, 0.05) is 44.2 Å². The molecule has 1 aromatic rings. The number of ether oxygens (including phenoxy) is 1. The molecule has 118 valence electrons. The summed E-state index contributed by atoms with van der Waals surface area (Å²) < 4.78 is 5.87. The molecule has 1 aliphatic heterocycles. The maximum atomic E-state index is 5.87. The molecule has 2 rings (SSSR count). The van der Waals surface area contributed by atoms with Crippen LogP contribution in [0.3, 0.4) is 0 Å². The first-order valence-electron chi connectivity index (χ1n) is 8.21. The standard InChI is InChI=1S/C16H28N4O/c1-3-7-17-10-14-11-18-16(19-12-14)20-8-5-6-15(13-20)21-9-4-2/h11-12,15,17H,3-10,13H2,1-2H3. The molecule has 21 heavy (non-hydrogen) atoms. The van der Waals surface area contributed by atoms with E-state index in [1.807, 2.05) is 12.4 Å². The smallest absolute Gasteiger partial charge is 0.225 e. The summed E-state index contributed by atoms with van der Waals surface area (Å²) in [6.45, 7) is 8.98. The van der Waals surface area contributed by atoms with Gasteiger partial charge < -0.3 is 15.0 Å². The number of aromatic nitrogens is 2. The van der Waals surface area contributed by atoms with Gasteiger partial charge in [0.15, 0.2) is 0 Å². The van der Waals surface area contributed by atoms with E-state index in [0.717, 1.165) is 70.0 Å². The SMILES string of the molecule is CCCNCc1cnc(N2CCCC(OCCC)C2)nc1. The molecule has 0 saturated carbocycles. The average Bonchev–Trinajstić information content (AvgIpc) is 2.54. The third-order valence-electron chi connectivity index (χ3n) is 3.67. The first-order chi connectivity index (χ1) is 10.3. The van der Waals surface area contributed by atoms with Crippen molar-refractivity contribution in [1.29, 1.82) is 0 Å². The maximum Gasteiger partial charge on any atom is 0.225 e. The van der Waals surface area contributed by atoms with Crippen molar-refractivity contribution in [2.45, 2.75) is 52.2 Å². The zero-order chi connectivity index (χ0) is 14.9. The monoisotopic (exact) mass is 292 g/mol. The summed E-state index contributed by atoms with van der Waals surface area (Å²) in [4.78, 5) is 11.3. The van der Waals surface area contributed by atoms with Crippen LogP contribution in [-0.2, 0) is 11.3 Å². The first kappa shape index (κ1) is 16.2. The highest BCUT2D eigenvalue weighted by Crippen LogP contribution is 2.18. The van der Waals surface area contributed by atoms with Gasteiger partial charge in [-0.2, -0.15) is 0 Å². The molecule has 1 fully saturated rings. The lowest BCUT2D eigenvalue weighted by Crippen LogP contribution is -2.40. The Morgan fingerprint density at radius 1 is 1.29 bits per heavy atom. The van der Waals surface area contributed by atoms with E-state index in [1.165, 1.54) is 0 Å². The van der Waals surface area contributed by atoms with Crippen molar-refractivity contribution in [2.75, 3.05) is 31.1 Å². The Balaban J connectivity index is 1.85. The van der Waals surface area contributed by atoms with E-state index in [0.29, 0.717) is 6.10 Å². The number of nitrogens with one attached hydrogen (secondary N) is 1. The summed E-state index contributed by atoms with van der Waals surface area (Å²) in [5.74, 6) is 0.832. The average molecular weight is 292 g/mol. The van der Waals surface area contributed by atoms with Gasteiger partial charge in [0.1, 0.15) is 0 Å². The number of hydrogen-bond acceptors (Lipinski definition) is 5. The topological polar surface area (TPSA) is 50.3 Å². The second kappa shape index (κ2) is 8.95. The minimum atomic E-state index is 0.327. The molecule has 0 bridgehead atoms. The van der Waals surface area contributed by atoms with Crippen LogP contribution in [0.2, 0.25) is 0 Å². The Labute approximate surface area is 128 Å². The van der Waals surface area contributed by atoms with Gasteiger partial charge in [-0.1, -0.05) is 13.8 Å². The molecular weight excluding hydrogens is 264 g/mol. The molecule has 2 heterocycles. The summed E-state index contributed by atoms with van der Waals surface area (Å²) >= 11 is 0. The highest BCUT2D eigenvalue weighted by Gasteiger charge is 2.21. The summed E-state index contributed by atoms with van der Waals surface area (Å²) in [6, 6.07) is 0. The molecule has 1 atom stereocenters. The van der Waals surface area contributed by atoms with Gasteiger partial charge in [0.05, 0.1) is 6.10 Å². The second-order valence-corrected chi connectivity index (χ2v) is 5.65. The van der Waals surface area contributed by atoms with Crippen LogP contribution in [-0.4, -0.2) is 42.3 Å². The van der Waals surface area contributed by atoms with Gasteiger partial charge in [-0.05, 0) is 32.2 Å². The van der Waals surface area contributed by atoms with Crippen molar-refractivity contribution in [3.63, 3.8) is 0 Å². The van der Waals surface area contributed by atoms with Crippen molar-refractivity contribution < 1.29 is 4.74 Å². The molecule has 0 spiro atoms. The highest BCUT2D eigenvalue weighted by atomic mass is 16.5. The van der Waals surface area contributed by atoms with Crippen LogP contribution in [0.15, 0.2) is 12.4 Å². The minimum Gasteiger partial charge on any atom is -0.376 e. The van der Waals surface area contributed by atoms with Crippen molar-refractivity contribution in [3.8, 4) is 0 Å². The molecule has 0 aliphatic carbocycles. The fourth-order valence-corrected chi connectivity index (χ4v) is 2.55. The number of piperidine rings is 1. The molecule has 1 aromatic heterocycles.